The van der Waals surface area contributed by atoms with Crippen LogP contribution in [-0.2, 0) is 6.42 Å². The molecule has 1 fully saturated rings. The summed E-state index contributed by atoms with van der Waals surface area (Å²) in [5, 5.41) is 11.7. The summed E-state index contributed by atoms with van der Waals surface area (Å²) in [4.78, 5) is 4.18. The SMILES string of the molecule is c1cnc2nnc(CCC3CCNCC3)n2c1. The molecule has 0 spiro atoms. The molecule has 0 radical (unpaired) electrons. The van der Waals surface area contributed by atoms with Crippen molar-refractivity contribution in [2.45, 2.75) is 25.7 Å². The predicted octanol–water partition coefficient (Wildman–Crippen LogP) is 1.06. The van der Waals surface area contributed by atoms with Gasteiger partial charge in [0, 0.05) is 18.8 Å². The molecule has 0 aliphatic carbocycles. The Morgan fingerprint density at radius 1 is 1.29 bits per heavy atom. The maximum Gasteiger partial charge on any atom is 0.254 e. The predicted molar refractivity (Wildman–Crippen MR) is 64.7 cm³/mol. The molecule has 17 heavy (non-hydrogen) atoms. The summed E-state index contributed by atoms with van der Waals surface area (Å²) in [5.41, 5.74) is 0. The van der Waals surface area contributed by atoms with Crippen molar-refractivity contribution in [1.82, 2.24) is 24.9 Å². The molecular weight excluding hydrogens is 214 g/mol. The largest absolute Gasteiger partial charge is 0.317 e. The highest BCUT2D eigenvalue weighted by Crippen LogP contribution is 2.18. The highest BCUT2D eigenvalue weighted by atomic mass is 15.3. The molecule has 3 heterocycles. The molecule has 2 aromatic rings. The second kappa shape index (κ2) is 4.79. The van der Waals surface area contributed by atoms with Gasteiger partial charge in [0.25, 0.3) is 5.78 Å². The van der Waals surface area contributed by atoms with E-state index in [2.05, 4.69) is 20.5 Å². The molecule has 5 heteroatoms. The average molecular weight is 231 g/mol. The summed E-state index contributed by atoms with van der Waals surface area (Å²) < 4.78 is 1.99. The Hall–Kier alpha value is -1.49. The Bertz CT molecular complexity index is 486. The first kappa shape index (κ1) is 10.7. The maximum absolute atomic E-state index is 4.21. The van der Waals surface area contributed by atoms with Gasteiger partial charge in [-0.25, -0.2) is 4.98 Å². The fraction of sp³-hybridized carbons (Fsp3) is 0.583. The Morgan fingerprint density at radius 2 is 2.18 bits per heavy atom. The van der Waals surface area contributed by atoms with Crippen molar-refractivity contribution in [2.75, 3.05) is 13.1 Å². The van der Waals surface area contributed by atoms with E-state index >= 15 is 0 Å². The number of hydrogen-bond acceptors (Lipinski definition) is 4. The number of nitrogens with zero attached hydrogens (tertiary/aromatic N) is 4. The molecule has 0 amide bonds. The normalized spacial score (nSPS) is 17.6. The lowest BCUT2D eigenvalue weighted by molar-refractivity contribution is 0.352. The summed E-state index contributed by atoms with van der Waals surface area (Å²) in [7, 11) is 0. The minimum Gasteiger partial charge on any atom is -0.317 e. The number of hydrogen-bond donors (Lipinski definition) is 1. The maximum atomic E-state index is 4.21. The van der Waals surface area contributed by atoms with Gasteiger partial charge in [0.05, 0.1) is 0 Å². The molecular formula is C12H17N5. The van der Waals surface area contributed by atoms with Crippen molar-refractivity contribution >= 4 is 5.78 Å². The summed E-state index contributed by atoms with van der Waals surface area (Å²) in [5.74, 6) is 2.57. The lowest BCUT2D eigenvalue weighted by atomic mass is 9.93. The van der Waals surface area contributed by atoms with E-state index in [1.807, 2.05) is 16.7 Å². The van der Waals surface area contributed by atoms with Gasteiger partial charge in [-0.05, 0) is 44.3 Å². The molecule has 0 saturated carbocycles. The third-order valence-corrected chi connectivity index (χ3v) is 3.49. The van der Waals surface area contributed by atoms with Crippen molar-refractivity contribution in [3.8, 4) is 0 Å². The molecule has 0 aromatic carbocycles. The van der Waals surface area contributed by atoms with E-state index in [-0.39, 0.29) is 0 Å². The molecule has 0 unspecified atom stereocenters. The number of nitrogens with one attached hydrogen (secondary N) is 1. The van der Waals surface area contributed by atoms with Crippen molar-refractivity contribution in [3.05, 3.63) is 24.3 Å². The van der Waals surface area contributed by atoms with Crippen LogP contribution in [0, 0.1) is 5.92 Å². The van der Waals surface area contributed by atoms with Crippen LogP contribution in [0.15, 0.2) is 18.5 Å². The zero-order valence-corrected chi connectivity index (χ0v) is 9.84. The molecule has 5 nitrogen and oxygen atoms in total. The van der Waals surface area contributed by atoms with Gasteiger partial charge in [0.2, 0.25) is 0 Å². The summed E-state index contributed by atoms with van der Waals surface area (Å²) in [6.45, 7) is 2.32. The smallest absolute Gasteiger partial charge is 0.254 e. The molecule has 90 valence electrons. The van der Waals surface area contributed by atoms with E-state index in [0.717, 1.165) is 31.3 Å². The van der Waals surface area contributed by atoms with Gasteiger partial charge in [0.15, 0.2) is 0 Å². The monoisotopic (exact) mass is 231 g/mol. The van der Waals surface area contributed by atoms with E-state index in [1.54, 1.807) is 6.20 Å². The van der Waals surface area contributed by atoms with E-state index in [1.165, 1.54) is 19.3 Å². The van der Waals surface area contributed by atoms with Crippen molar-refractivity contribution in [2.24, 2.45) is 5.92 Å². The third kappa shape index (κ3) is 2.29. The van der Waals surface area contributed by atoms with E-state index < -0.39 is 0 Å². The van der Waals surface area contributed by atoms with Crippen LogP contribution in [0.3, 0.4) is 0 Å². The molecule has 1 aliphatic rings. The fourth-order valence-electron chi connectivity index (χ4n) is 2.46. The number of aryl methyl sites for hydroxylation is 1. The van der Waals surface area contributed by atoms with Crippen molar-refractivity contribution < 1.29 is 0 Å². The Morgan fingerprint density at radius 3 is 3.06 bits per heavy atom. The standard InChI is InChI=1S/C12H17N5/c1-6-14-12-16-15-11(17(12)9-1)3-2-10-4-7-13-8-5-10/h1,6,9-10,13H,2-5,7-8H2. The van der Waals surface area contributed by atoms with Gasteiger partial charge in [-0.1, -0.05) is 0 Å². The van der Waals surface area contributed by atoms with E-state index in [0.29, 0.717) is 5.78 Å². The Kier molecular flexibility index (Phi) is 3.00. The zero-order valence-electron chi connectivity index (χ0n) is 9.84. The number of aromatic nitrogens is 4. The van der Waals surface area contributed by atoms with Crippen LogP contribution < -0.4 is 5.32 Å². The van der Waals surface area contributed by atoms with E-state index in [9.17, 15) is 0 Å². The second-order valence-electron chi connectivity index (χ2n) is 4.64. The number of rotatable bonds is 3. The Balaban J connectivity index is 1.68. The molecule has 1 saturated heterocycles. The van der Waals surface area contributed by atoms with Crippen molar-refractivity contribution in [3.63, 3.8) is 0 Å². The van der Waals surface area contributed by atoms with Gasteiger partial charge < -0.3 is 5.32 Å². The molecule has 2 aromatic heterocycles. The van der Waals surface area contributed by atoms with Crippen LogP contribution in [0.1, 0.15) is 25.1 Å². The molecule has 0 atom stereocenters. The highest BCUT2D eigenvalue weighted by Gasteiger charge is 2.14. The lowest BCUT2D eigenvalue weighted by Gasteiger charge is -2.21. The number of piperidine rings is 1. The quantitative estimate of drug-likeness (QED) is 0.858. The lowest BCUT2D eigenvalue weighted by Crippen LogP contribution is -2.28. The van der Waals surface area contributed by atoms with Crippen molar-refractivity contribution in [1.29, 1.82) is 0 Å². The zero-order chi connectivity index (χ0) is 11.5. The molecule has 3 rings (SSSR count). The molecule has 1 aliphatic heterocycles. The number of fused-ring (bicyclic) bond motifs is 1. The average Bonchev–Trinajstić information content (AvgIpc) is 2.81. The summed E-state index contributed by atoms with van der Waals surface area (Å²) >= 11 is 0. The fourth-order valence-corrected chi connectivity index (χ4v) is 2.46. The van der Waals surface area contributed by atoms with Gasteiger partial charge in [-0.15, -0.1) is 10.2 Å². The molecule has 0 bridgehead atoms. The first-order valence-corrected chi connectivity index (χ1v) is 6.29. The first-order chi connectivity index (χ1) is 8.43. The van der Waals surface area contributed by atoms with Gasteiger partial charge in [-0.3, -0.25) is 4.40 Å². The highest BCUT2D eigenvalue weighted by molar-refractivity contribution is 5.26. The summed E-state index contributed by atoms with van der Waals surface area (Å²) in [6.07, 6.45) is 8.51. The second-order valence-corrected chi connectivity index (χ2v) is 4.64. The van der Waals surface area contributed by atoms with Gasteiger partial charge in [-0.2, -0.15) is 0 Å². The van der Waals surface area contributed by atoms with E-state index in [4.69, 9.17) is 0 Å². The third-order valence-electron chi connectivity index (χ3n) is 3.49. The summed E-state index contributed by atoms with van der Waals surface area (Å²) in [6, 6.07) is 1.92. The van der Waals surface area contributed by atoms with Crippen LogP contribution in [0.5, 0.6) is 0 Å². The minimum absolute atomic E-state index is 0.702. The van der Waals surface area contributed by atoms with Crippen LogP contribution >= 0.6 is 0 Å². The Labute approximate surface area is 100 Å². The van der Waals surface area contributed by atoms with Crippen LogP contribution in [0.4, 0.5) is 0 Å². The van der Waals surface area contributed by atoms with Crippen LogP contribution in [0.2, 0.25) is 0 Å². The van der Waals surface area contributed by atoms with Gasteiger partial charge >= 0.3 is 0 Å². The molecule has 1 N–H and O–H groups in total. The van der Waals surface area contributed by atoms with Gasteiger partial charge in [0.1, 0.15) is 5.82 Å². The van der Waals surface area contributed by atoms with Crippen LogP contribution in [-0.4, -0.2) is 32.7 Å². The van der Waals surface area contributed by atoms with Crippen LogP contribution in [0.25, 0.3) is 5.78 Å². The first-order valence-electron chi connectivity index (χ1n) is 6.29. The minimum atomic E-state index is 0.702. The topological polar surface area (TPSA) is 55.1 Å².